The minimum absolute atomic E-state index is 0.284. The van der Waals surface area contributed by atoms with E-state index in [0.717, 1.165) is 30.2 Å². The van der Waals surface area contributed by atoms with Crippen molar-refractivity contribution in [1.82, 2.24) is 19.2 Å². The van der Waals surface area contributed by atoms with E-state index < -0.39 is 0 Å². The maximum atomic E-state index is 6.15. The van der Waals surface area contributed by atoms with Gasteiger partial charge in [-0.3, -0.25) is 4.90 Å². The van der Waals surface area contributed by atoms with E-state index >= 15 is 0 Å². The van der Waals surface area contributed by atoms with Crippen LogP contribution in [-0.2, 0) is 20.1 Å². The summed E-state index contributed by atoms with van der Waals surface area (Å²) in [6.45, 7) is 1.05. The highest BCUT2D eigenvalue weighted by Gasteiger charge is 2.28. The predicted octanol–water partition coefficient (Wildman–Crippen LogP) is 4.43. The molecule has 3 aromatic rings. The Labute approximate surface area is 181 Å². The Hall–Kier alpha value is -2.64. The molecule has 2 aliphatic rings. The Balaban J connectivity index is 1.38. The highest BCUT2D eigenvalue weighted by Crippen LogP contribution is 2.36. The first-order valence-electron chi connectivity index (χ1n) is 10.4. The van der Waals surface area contributed by atoms with E-state index in [1.54, 1.807) is 0 Å². The van der Waals surface area contributed by atoms with Gasteiger partial charge in [-0.1, -0.05) is 36.4 Å². The van der Waals surface area contributed by atoms with Crippen molar-refractivity contribution in [1.29, 1.82) is 0 Å². The highest BCUT2D eigenvalue weighted by molar-refractivity contribution is 7.71. The summed E-state index contributed by atoms with van der Waals surface area (Å²) in [6.07, 6.45) is 3.23. The molecule has 1 aromatic heterocycles. The minimum Gasteiger partial charge on any atom is -0.485 e. The fourth-order valence-electron chi connectivity index (χ4n) is 4.52. The lowest BCUT2D eigenvalue weighted by Crippen LogP contribution is -2.30. The lowest BCUT2D eigenvalue weighted by Gasteiger charge is -2.33. The van der Waals surface area contributed by atoms with E-state index in [4.69, 9.17) is 26.8 Å². The van der Waals surface area contributed by atoms with Crippen molar-refractivity contribution in [3.63, 3.8) is 0 Å². The zero-order chi connectivity index (χ0) is 20.7. The van der Waals surface area contributed by atoms with Crippen LogP contribution in [0.4, 0.5) is 0 Å². The fraction of sp³-hybridized carbons (Fsp3) is 0.391. The Morgan fingerprint density at radius 1 is 1.13 bits per heavy atom. The van der Waals surface area contributed by atoms with Gasteiger partial charge < -0.3 is 14.0 Å². The normalized spacial score (nSPS) is 20.2. The second-order valence-electron chi connectivity index (χ2n) is 8.07. The number of aromatic nitrogens is 3. The molecule has 0 unspecified atom stereocenters. The SMILES string of the molecule is CN(Cn1nc([C@@H]2COc3ccccc3O2)n(C)c1=S)[C@H]1CCCc2ccccc21. The van der Waals surface area contributed by atoms with Gasteiger partial charge in [0.1, 0.15) is 6.61 Å². The Kier molecular flexibility index (Phi) is 5.08. The standard InChI is InChI=1S/C23H26N4O2S/c1-25(18-11-7-9-16-8-3-4-10-17(16)18)15-27-23(30)26(2)22(24-27)21-14-28-19-12-5-6-13-20(19)29-21/h3-6,8,10,12-13,18,21H,7,9,11,14-15H2,1-2H3/t18-,21-/m0/s1. The van der Waals surface area contributed by atoms with Crippen molar-refractivity contribution in [3.05, 3.63) is 70.3 Å². The number of ether oxygens (including phenoxy) is 2. The van der Waals surface area contributed by atoms with E-state index in [9.17, 15) is 0 Å². The van der Waals surface area contributed by atoms with Gasteiger partial charge in [-0.2, -0.15) is 5.10 Å². The Morgan fingerprint density at radius 3 is 2.77 bits per heavy atom. The molecule has 6 nitrogen and oxygen atoms in total. The number of nitrogens with zero attached hydrogens (tertiary/aromatic N) is 4. The predicted molar refractivity (Wildman–Crippen MR) is 117 cm³/mol. The van der Waals surface area contributed by atoms with Gasteiger partial charge in [0.2, 0.25) is 0 Å². The molecule has 0 saturated heterocycles. The number of fused-ring (bicyclic) bond motifs is 2. The molecule has 156 valence electrons. The number of aryl methyl sites for hydroxylation is 1. The zero-order valence-corrected chi connectivity index (χ0v) is 18.1. The van der Waals surface area contributed by atoms with Gasteiger partial charge in [-0.05, 0) is 61.8 Å². The zero-order valence-electron chi connectivity index (χ0n) is 17.3. The van der Waals surface area contributed by atoms with Gasteiger partial charge in [0.15, 0.2) is 28.2 Å². The summed E-state index contributed by atoms with van der Waals surface area (Å²) in [5, 5.41) is 4.83. The summed E-state index contributed by atoms with van der Waals surface area (Å²) in [5.41, 5.74) is 2.88. The van der Waals surface area contributed by atoms with Crippen LogP contribution in [0, 0.1) is 4.77 Å². The van der Waals surface area contributed by atoms with Crippen LogP contribution in [0.2, 0.25) is 0 Å². The first-order valence-corrected chi connectivity index (χ1v) is 10.8. The maximum Gasteiger partial charge on any atom is 0.198 e. The molecule has 5 rings (SSSR count). The molecule has 0 bridgehead atoms. The van der Waals surface area contributed by atoms with Gasteiger partial charge in [0, 0.05) is 13.1 Å². The molecule has 1 aliphatic carbocycles. The molecule has 0 amide bonds. The van der Waals surface area contributed by atoms with E-state index in [-0.39, 0.29) is 6.10 Å². The van der Waals surface area contributed by atoms with Gasteiger partial charge >= 0.3 is 0 Å². The summed E-state index contributed by atoms with van der Waals surface area (Å²) in [5.74, 6) is 2.29. The highest BCUT2D eigenvalue weighted by atomic mass is 32.1. The monoisotopic (exact) mass is 422 g/mol. The third kappa shape index (κ3) is 3.42. The number of hydrogen-bond acceptors (Lipinski definition) is 5. The van der Waals surface area contributed by atoms with Crippen LogP contribution >= 0.6 is 12.2 Å². The number of hydrogen-bond donors (Lipinski definition) is 0. The first-order chi connectivity index (χ1) is 14.6. The summed E-state index contributed by atoms with van der Waals surface area (Å²) >= 11 is 5.70. The van der Waals surface area contributed by atoms with Crippen LogP contribution in [0.1, 0.15) is 41.9 Å². The lowest BCUT2D eigenvalue weighted by atomic mass is 9.87. The molecule has 0 radical (unpaired) electrons. The van der Waals surface area contributed by atoms with Crippen molar-refractivity contribution >= 4 is 12.2 Å². The minimum atomic E-state index is -0.284. The van der Waals surface area contributed by atoms with Crippen molar-refractivity contribution in [2.24, 2.45) is 7.05 Å². The molecular formula is C23H26N4O2S. The van der Waals surface area contributed by atoms with E-state index in [0.29, 0.717) is 24.1 Å². The molecule has 0 saturated carbocycles. The average molecular weight is 423 g/mol. The number of rotatable bonds is 4. The van der Waals surface area contributed by atoms with E-state index in [1.165, 1.54) is 17.5 Å². The van der Waals surface area contributed by atoms with Crippen LogP contribution < -0.4 is 9.47 Å². The first kappa shape index (κ1) is 19.3. The van der Waals surface area contributed by atoms with Crippen molar-refractivity contribution in [3.8, 4) is 11.5 Å². The second-order valence-corrected chi connectivity index (χ2v) is 8.43. The number of para-hydroxylation sites is 2. The largest absolute Gasteiger partial charge is 0.485 e. The van der Waals surface area contributed by atoms with E-state index in [2.05, 4.69) is 36.2 Å². The molecule has 1 aliphatic heterocycles. The fourth-order valence-corrected chi connectivity index (χ4v) is 4.71. The van der Waals surface area contributed by atoms with Crippen LogP contribution in [0.5, 0.6) is 11.5 Å². The quantitative estimate of drug-likeness (QED) is 0.582. The van der Waals surface area contributed by atoms with E-state index in [1.807, 2.05) is 40.6 Å². The van der Waals surface area contributed by atoms with Gasteiger partial charge in [-0.15, -0.1) is 0 Å². The summed E-state index contributed by atoms with van der Waals surface area (Å²) in [6, 6.07) is 16.9. The maximum absolute atomic E-state index is 6.15. The molecule has 0 spiro atoms. The lowest BCUT2D eigenvalue weighted by molar-refractivity contribution is 0.0818. The summed E-state index contributed by atoms with van der Waals surface area (Å²) < 4.78 is 16.5. The van der Waals surface area contributed by atoms with Crippen LogP contribution in [0.15, 0.2) is 48.5 Å². The summed E-state index contributed by atoms with van der Waals surface area (Å²) in [7, 11) is 4.10. The van der Waals surface area contributed by atoms with Crippen LogP contribution in [-0.4, -0.2) is 32.9 Å². The third-order valence-corrected chi connectivity index (χ3v) is 6.58. The van der Waals surface area contributed by atoms with Crippen molar-refractivity contribution in [2.75, 3.05) is 13.7 Å². The molecule has 2 aromatic carbocycles. The second kappa shape index (κ2) is 7.89. The molecule has 30 heavy (non-hydrogen) atoms. The van der Waals surface area contributed by atoms with Crippen LogP contribution in [0.25, 0.3) is 0 Å². The van der Waals surface area contributed by atoms with Gasteiger partial charge in [0.25, 0.3) is 0 Å². The molecule has 2 atom stereocenters. The van der Waals surface area contributed by atoms with Gasteiger partial charge in [-0.25, -0.2) is 4.68 Å². The van der Waals surface area contributed by atoms with Crippen molar-refractivity contribution < 1.29 is 9.47 Å². The van der Waals surface area contributed by atoms with Crippen LogP contribution in [0.3, 0.4) is 0 Å². The molecule has 0 fully saturated rings. The van der Waals surface area contributed by atoms with Gasteiger partial charge in [0.05, 0.1) is 6.67 Å². The Bertz CT molecular complexity index is 1120. The smallest absolute Gasteiger partial charge is 0.198 e. The topological polar surface area (TPSA) is 44.5 Å². The summed E-state index contributed by atoms with van der Waals surface area (Å²) in [4.78, 5) is 2.35. The van der Waals surface area contributed by atoms with Crippen molar-refractivity contribution in [2.45, 2.75) is 38.1 Å². The molecule has 7 heteroatoms. The molecule has 0 N–H and O–H groups in total. The Morgan fingerprint density at radius 2 is 1.90 bits per heavy atom. The average Bonchev–Trinajstić information content (AvgIpc) is 3.06. The number of benzene rings is 2. The molecule has 2 heterocycles. The third-order valence-electron chi connectivity index (χ3n) is 6.10. The molecular weight excluding hydrogens is 396 g/mol.